The third kappa shape index (κ3) is 2.41. The Hall–Kier alpha value is -1.58. The smallest absolute Gasteiger partial charge is 0.132 e. The highest BCUT2D eigenvalue weighted by Gasteiger charge is 2.18. The third-order valence-electron chi connectivity index (χ3n) is 3.48. The van der Waals surface area contributed by atoms with Gasteiger partial charge in [0.1, 0.15) is 11.6 Å². The molecule has 1 atom stereocenters. The lowest BCUT2D eigenvalue weighted by Crippen LogP contribution is -2.04. The van der Waals surface area contributed by atoms with Crippen LogP contribution in [0.5, 0.6) is 0 Å². The predicted molar refractivity (Wildman–Crippen MR) is 85.0 cm³/mol. The number of imidazole rings is 1. The molecule has 0 aliphatic rings. The molecule has 2 nitrogen and oxygen atoms in total. The Balaban J connectivity index is 2.39. The first-order chi connectivity index (χ1) is 9.99. The Labute approximate surface area is 132 Å². The molecule has 1 unspecified atom stereocenters. The summed E-state index contributed by atoms with van der Waals surface area (Å²) in [5.41, 5.74) is 3.22. The summed E-state index contributed by atoms with van der Waals surface area (Å²) in [4.78, 5) is 4.47. The van der Waals surface area contributed by atoms with E-state index >= 15 is 0 Å². The van der Waals surface area contributed by atoms with Crippen molar-refractivity contribution < 1.29 is 4.39 Å². The quantitative estimate of drug-likeness (QED) is 0.575. The molecule has 0 saturated carbocycles. The molecule has 5 heteroatoms. The van der Waals surface area contributed by atoms with Crippen LogP contribution in [0.3, 0.4) is 0 Å². The number of halogens is 3. The van der Waals surface area contributed by atoms with Crippen LogP contribution in [-0.4, -0.2) is 9.55 Å². The van der Waals surface area contributed by atoms with Gasteiger partial charge in [0, 0.05) is 11.1 Å². The standard InChI is InChI=1S/C16H13Cl2FN2/c1-9-12(18)4-3-5-14(9)21-15-7-6-11(19)8-13(15)20-16(21)10(2)17/h3-8,10H,1-2H3. The molecule has 21 heavy (non-hydrogen) atoms. The van der Waals surface area contributed by atoms with Gasteiger partial charge in [0.15, 0.2) is 0 Å². The molecule has 0 fully saturated rings. The van der Waals surface area contributed by atoms with Gasteiger partial charge in [-0.25, -0.2) is 9.37 Å². The summed E-state index contributed by atoms with van der Waals surface area (Å²) in [6.45, 7) is 3.78. The van der Waals surface area contributed by atoms with E-state index in [0.29, 0.717) is 16.4 Å². The van der Waals surface area contributed by atoms with Crippen molar-refractivity contribution in [3.8, 4) is 5.69 Å². The van der Waals surface area contributed by atoms with Crippen LogP contribution in [0.15, 0.2) is 36.4 Å². The van der Waals surface area contributed by atoms with E-state index in [-0.39, 0.29) is 11.2 Å². The first-order valence-corrected chi connectivity index (χ1v) is 7.38. The summed E-state index contributed by atoms with van der Waals surface area (Å²) in [6.07, 6.45) is 0. The highest BCUT2D eigenvalue weighted by atomic mass is 35.5. The average molecular weight is 323 g/mol. The van der Waals surface area contributed by atoms with Crippen LogP contribution in [0.4, 0.5) is 4.39 Å². The van der Waals surface area contributed by atoms with E-state index < -0.39 is 0 Å². The molecule has 0 N–H and O–H groups in total. The van der Waals surface area contributed by atoms with Gasteiger partial charge in [-0.2, -0.15) is 0 Å². The molecule has 1 heterocycles. The lowest BCUT2D eigenvalue weighted by molar-refractivity contribution is 0.629. The van der Waals surface area contributed by atoms with Crippen molar-refractivity contribution in [3.05, 3.63) is 58.6 Å². The van der Waals surface area contributed by atoms with Crippen molar-refractivity contribution in [2.75, 3.05) is 0 Å². The molecule has 3 aromatic rings. The minimum Gasteiger partial charge on any atom is -0.295 e. The van der Waals surface area contributed by atoms with Gasteiger partial charge in [-0.15, -0.1) is 11.6 Å². The molecule has 3 rings (SSSR count). The van der Waals surface area contributed by atoms with Gasteiger partial charge in [-0.1, -0.05) is 17.7 Å². The summed E-state index contributed by atoms with van der Waals surface area (Å²) >= 11 is 12.5. The molecule has 0 aliphatic carbocycles. The number of fused-ring (bicyclic) bond motifs is 1. The van der Waals surface area contributed by atoms with Crippen molar-refractivity contribution in [1.82, 2.24) is 9.55 Å². The molecule has 0 radical (unpaired) electrons. The molecule has 0 amide bonds. The Morgan fingerprint density at radius 3 is 2.71 bits per heavy atom. The summed E-state index contributed by atoms with van der Waals surface area (Å²) < 4.78 is 15.4. The number of alkyl halides is 1. The highest BCUT2D eigenvalue weighted by Crippen LogP contribution is 2.31. The highest BCUT2D eigenvalue weighted by molar-refractivity contribution is 6.31. The second kappa shape index (κ2) is 5.32. The molecule has 0 aliphatic heterocycles. The predicted octanol–water partition coefficient (Wildman–Crippen LogP) is 5.43. The van der Waals surface area contributed by atoms with Gasteiger partial charge in [0.25, 0.3) is 0 Å². The molecule has 0 saturated heterocycles. The van der Waals surface area contributed by atoms with Crippen LogP contribution in [0.2, 0.25) is 5.02 Å². The van der Waals surface area contributed by atoms with Gasteiger partial charge in [-0.3, -0.25) is 4.57 Å². The zero-order chi connectivity index (χ0) is 15.1. The molecule has 0 bridgehead atoms. The van der Waals surface area contributed by atoms with Crippen LogP contribution in [0.1, 0.15) is 23.7 Å². The summed E-state index contributed by atoms with van der Waals surface area (Å²) in [5, 5.41) is 0.364. The van der Waals surface area contributed by atoms with Crippen LogP contribution >= 0.6 is 23.2 Å². The number of hydrogen-bond acceptors (Lipinski definition) is 1. The summed E-state index contributed by atoms with van der Waals surface area (Å²) in [5.74, 6) is 0.353. The largest absolute Gasteiger partial charge is 0.295 e. The second-order valence-electron chi connectivity index (χ2n) is 4.94. The first kappa shape index (κ1) is 14.4. The monoisotopic (exact) mass is 322 g/mol. The number of benzene rings is 2. The normalized spacial score (nSPS) is 12.8. The van der Waals surface area contributed by atoms with E-state index in [1.54, 1.807) is 6.07 Å². The number of nitrogens with zero attached hydrogens (tertiary/aromatic N) is 2. The minimum atomic E-state index is -0.316. The molecule has 0 spiro atoms. The number of rotatable bonds is 2. The van der Waals surface area contributed by atoms with E-state index in [4.69, 9.17) is 23.2 Å². The van der Waals surface area contributed by atoms with E-state index in [9.17, 15) is 4.39 Å². The van der Waals surface area contributed by atoms with Gasteiger partial charge >= 0.3 is 0 Å². The number of hydrogen-bond donors (Lipinski definition) is 0. The second-order valence-corrected chi connectivity index (χ2v) is 6.00. The topological polar surface area (TPSA) is 17.8 Å². The van der Waals surface area contributed by atoms with E-state index in [2.05, 4.69) is 4.98 Å². The lowest BCUT2D eigenvalue weighted by atomic mass is 10.2. The van der Waals surface area contributed by atoms with E-state index in [1.807, 2.05) is 36.6 Å². The maximum Gasteiger partial charge on any atom is 0.132 e. The zero-order valence-electron chi connectivity index (χ0n) is 11.6. The van der Waals surface area contributed by atoms with Crippen LogP contribution in [0, 0.1) is 12.7 Å². The van der Waals surface area contributed by atoms with Gasteiger partial charge < -0.3 is 0 Å². The van der Waals surface area contributed by atoms with Crippen molar-refractivity contribution in [1.29, 1.82) is 0 Å². The van der Waals surface area contributed by atoms with Crippen LogP contribution < -0.4 is 0 Å². The maximum atomic E-state index is 13.4. The van der Waals surface area contributed by atoms with Crippen molar-refractivity contribution >= 4 is 34.2 Å². The molecular formula is C16H13Cl2FN2. The Morgan fingerprint density at radius 2 is 2.00 bits per heavy atom. The fourth-order valence-electron chi connectivity index (χ4n) is 2.43. The summed E-state index contributed by atoms with van der Waals surface area (Å²) in [6, 6.07) is 10.2. The first-order valence-electron chi connectivity index (χ1n) is 6.56. The molecule has 108 valence electrons. The van der Waals surface area contributed by atoms with E-state index in [0.717, 1.165) is 16.8 Å². The van der Waals surface area contributed by atoms with Crippen molar-refractivity contribution in [2.24, 2.45) is 0 Å². The van der Waals surface area contributed by atoms with Gasteiger partial charge in [0.2, 0.25) is 0 Å². The Bertz CT molecular complexity index is 825. The zero-order valence-corrected chi connectivity index (χ0v) is 13.1. The third-order valence-corrected chi connectivity index (χ3v) is 4.08. The maximum absolute atomic E-state index is 13.4. The summed E-state index contributed by atoms with van der Waals surface area (Å²) in [7, 11) is 0. The lowest BCUT2D eigenvalue weighted by Gasteiger charge is -2.14. The fourth-order valence-corrected chi connectivity index (χ4v) is 2.75. The molecule has 2 aromatic carbocycles. The minimum absolute atomic E-state index is 0.307. The SMILES string of the molecule is Cc1c(Cl)cccc1-n1c(C(C)Cl)nc2cc(F)ccc21. The molecule has 1 aromatic heterocycles. The Morgan fingerprint density at radius 1 is 1.24 bits per heavy atom. The van der Waals surface area contributed by atoms with Crippen LogP contribution in [-0.2, 0) is 0 Å². The van der Waals surface area contributed by atoms with Crippen molar-refractivity contribution in [2.45, 2.75) is 19.2 Å². The van der Waals surface area contributed by atoms with E-state index in [1.165, 1.54) is 12.1 Å². The fraction of sp³-hybridized carbons (Fsp3) is 0.188. The van der Waals surface area contributed by atoms with Gasteiger partial charge in [0.05, 0.1) is 22.1 Å². The molecular weight excluding hydrogens is 310 g/mol. The number of aromatic nitrogens is 2. The Kier molecular flexibility index (Phi) is 3.64. The average Bonchev–Trinajstić information content (AvgIpc) is 2.80. The van der Waals surface area contributed by atoms with Crippen LogP contribution in [0.25, 0.3) is 16.7 Å². The van der Waals surface area contributed by atoms with Crippen molar-refractivity contribution in [3.63, 3.8) is 0 Å². The van der Waals surface area contributed by atoms with Gasteiger partial charge in [-0.05, 0) is 43.7 Å².